The van der Waals surface area contributed by atoms with Crippen LogP contribution in [0.5, 0.6) is 0 Å². The monoisotopic (exact) mass is 315 g/mol. The quantitative estimate of drug-likeness (QED) is 0.905. The van der Waals surface area contributed by atoms with Crippen molar-refractivity contribution in [2.24, 2.45) is 0 Å². The molecule has 1 heterocycles. The topological polar surface area (TPSA) is 48.7 Å². The maximum Gasteiger partial charge on any atom is 0.119 e. The summed E-state index contributed by atoms with van der Waals surface area (Å²) >= 11 is 7.54. The molecule has 3 rings (SSSR count). The molecule has 0 atom stereocenters. The minimum absolute atomic E-state index is 0.603. The minimum Gasteiger partial charge on any atom is -0.310 e. The van der Waals surface area contributed by atoms with Gasteiger partial charge in [-0.05, 0) is 42.7 Å². The largest absolute Gasteiger partial charge is 0.310 e. The van der Waals surface area contributed by atoms with Crippen LogP contribution in [0.25, 0.3) is 0 Å². The first-order valence-corrected chi connectivity index (χ1v) is 8.00. The molecule has 1 fully saturated rings. The van der Waals surface area contributed by atoms with Crippen molar-refractivity contribution in [2.45, 2.75) is 35.3 Å². The van der Waals surface area contributed by atoms with Gasteiger partial charge in [-0.15, -0.1) is 0 Å². The van der Waals surface area contributed by atoms with E-state index in [1.807, 2.05) is 12.1 Å². The summed E-state index contributed by atoms with van der Waals surface area (Å²) in [4.78, 5) is 5.13. The van der Waals surface area contributed by atoms with Crippen LogP contribution in [-0.4, -0.2) is 11.0 Å². The predicted octanol–water partition coefficient (Wildman–Crippen LogP) is 4.01. The number of halogens is 1. The highest BCUT2D eigenvalue weighted by molar-refractivity contribution is 7.99. The zero-order chi connectivity index (χ0) is 14.7. The van der Waals surface area contributed by atoms with Gasteiger partial charge < -0.3 is 5.32 Å². The number of hydrogen-bond acceptors (Lipinski definition) is 4. The van der Waals surface area contributed by atoms with Crippen LogP contribution in [0, 0.1) is 11.3 Å². The number of nitrogens with one attached hydrogen (secondary N) is 1. The predicted molar refractivity (Wildman–Crippen MR) is 84.4 cm³/mol. The van der Waals surface area contributed by atoms with Crippen molar-refractivity contribution in [3.8, 4) is 6.07 Å². The Bertz CT molecular complexity index is 692. The molecule has 5 heteroatoms. The second-order valence-corrected chi connectivity index (χ2v) is 6.43. The number of aromatic nitrogens is 1. The van der Waals surface area contributed by atoms with Crippen LogP contribution in [0.1, 0.15) is 24.0 Å². The molecule has 0 spiro atoms. The molecular weight excluding hydrogens is 302 g/mol. The smallest absolute Gasteiger partial charge is 0.119 e. The lowest BCUT2D eigenvalue weighted by molar-refractivity contribution is 0.687. The van der Waals surface area contributed by atoms with Crippen molar-refractivity contribution < 1.29 is 0 Å². The highest BCUT2D eigenvalue weighted by Gasteiger charge is 2.20. The number of nitriles is 1. The molecule has 0 amide bonds. The van der Waals surface area contributed by atoms with Crippen molar-refractivity contribution >= 4 is 23.4 Å². The second kappa shape index (κ2) is 6.48. The van der Waals surface area contributed by atoms with Gasteiger partial charge >= 0.3 is 0 Å². The average molecular weight is 316 g/mol. The summed E-state index contributed by atoms with van der Waals surface area (Å²) in [6.07, 6.45) is 4.22. The van der Waals surface area contributed by atoms with E-state index in [0.717, 1.165) is 22.0 Å². The van der Waals surface area contributed by atoms with E-state index in [1.54, 1.807) is 18.3 Å². The van der Waals surface area contributed by atoms with E-state index >= 15 is 0 Å². The summed E-state index contributed by atoms with van der Waals surface area (Å²) in [5.74, 6) is 0. The fourth-order valence-corrected chi connectivity index (χ4v) is 3.04. The molecule has 1 aliphatic carbocycles. The summed E-state index contributed by atoms with van der Waals surface area (Å²) in [5, 5.41) is 14.1. The summed E-state index contributed by atoms with van der Waals surface area (Å²) in [6, 6.07) is 12.5. The SMILES string of the molecule is N#Cc1cc(CNC2CC2)ccc1Sc1ncccc1Cl. The third kappa shape index (κ3) is 3.76. The molecular formula is C16H14ClN3S. The molecule has 21 heavy (non-hydrogen) atoms. The normalized spacial score (nSPS) is 13.9. The van der Waals surface area contributed by atoms with Gasteiger partial charge in [-0.1, -0.05) is 29.4 Å². The first-order valence-electron chi connectivity index (χ1n) is 6.81. The molecule has 0 saturated heterocycles. The molecule has 1 aromatic carbocycles. The van der Waals surface area contributed by atoms with E-state index < -0.39 is 0 Å². The molecule has 0 bridgehead atoms. The lowest BCUT2D eigenvalue weighted by Crippen LogP contribution is -2.15. The van der Waals surface area contributed by atoms with Crippen LogP contribution < -0.4 is 5.32 Å². The maximum atomic E-state index is 9.34. The van der Waals surface area contributed by atoms with Crippen LogP contribution in [0.3, 0.4) is 0 Å². The van der Waals surface area contributed by atoms with Gasteiger partial charge in [0.25, 0.3) is 0 Å². The van der Waals surface area contributed by atoms with Gasteiger partial charge in [-0.2, -0.15) is 5.26 Å². The van der Waals surface area contributed by atoms with Crippen LogP contribution in [0.4, 0.5) is 0 Å². The van der Waals surface area contributed by atoms with Crippen molar-refractivity contribution in [3.63, 3.8) is 0 Å². The van der Waals surface area contributed by atoms with Gasteiger partial charge in [0.05, 0.1) is 10.6 Å². The summed E-state index contributed by atoms with van der Waals surface area (Å²) in [6.45, 7) is 0.814. The molecule has 2 aromatic rings. The highest BCUT2D eigenvalue weighted by atomic mass is 35.5. The standard InChI is InChI=1S/C16H14ClN3S/c17-14-2-1-7-19-16(14)21-15-6-3-11(8-12(15)9-18)10-20-13-4-5-13/h1-3,6-8,13,20H,4-5,10H2. The Morgan fingerprint density at radius 2 is 2.24 bits per heavy atom. The van der Waals surface area contributed by atoms with E-state index in [9.17, 15) is 5.26 Å². The van der Waals surface area contributed by atoms with Gasteiger partial charge in [0.2, 0.25) is 0 Å². The average Bonchev–Trinajstić information content (AvgIpc) is 3.32. The van der Waals surface area contributed by atoms with Crippen LogP contribution in [0.2, 0.25) is 5.02 Å². The Morgan fingerprint density at radius 1 is 1.38 bits per heavy atom. The molecule has 3 nitrogen and oxygen atoms in total. The lowest BCUT2D eigenvalue weighted by Gasteiger charge is -2.08. The summed E-state index contributed by atoms with van der Waals surface area (Å²) in [5.41, 5.74) is 1.80. The molecule has 1 aliphatic rings. The zero-order valence-electron chi connectivity index (χ0n) is 11.3. The molecule has 0 aliphatic heterocycles. The number of rotatable bonds is 5. The Morgan fingerprint density at radius 3 is 2.95 bits per heavy atom. The fourth-order valence-electron chi connectivity index (χ4n) is 1.96. The van der Waals surface area contributed by atoms with Crippen molar-refractivity contribution in [3.05, 3.63) is 52.7 Å². The Hall–Kier alpha value is -1.54. The maximum absolute atomic E-state index is 9.34. The second-order valence-electron chi connectivity index (χ2n) is 4.99. The molecule has 1 saturated carbocycles. The Labute approximate surface area is 133 Å². The highest BCUT2D eigenvalue weighted by Crippen LogP contribution is 2.33. The van der Waals surface area contributed by atoms with E-state index in [-0.39, 0.29) is 0 Å². The van der Waals surface area contributed by atoms with E-state index in [0.29, 0.717) is 16.6 Å². The number of nitrogens with zero attached hydrogens (tertiary/aromatic N) is 2. The summed E-state index contributed by atoms with van der Waals surface area (Å²) in [7, 11) is 0. The van der Waals surface area contributed by atoms with Gasteiger partial charge in [0.1, 0.15) is 11.1 Å². The van der Waals surface area contributed by atoms with Gasteiger partial charge in [-0.3, -0.25) is 0 Å². The number of benzene rings is 1. The molecule has 0 radical (unpaired) electrons. The number of hydrogen-bond donors (Lipinski definition) is 1. The lowest BCUT2D eigenvalue weighted by atomic mass is 10.1. The third-order valence-corrected chi connectivity index (χ3v) is 4.78. The van der Waals surface area contributed by atoms with Crippen LogP contribution in [0.15, 0.2) is 46.5 Å². The van der Waals surface area contributed by atoms with Gasteiger partial charge in [0.15, 0.2) is 0 Å². The molecule has 0 unspecified atom stereocenters. The first-order chi connectivity index (χ1) is 10.3. The Balaban J connectivity index is 1.78. The van der Waals surface area contributed by atoms with E-state index in [2.05, 4.69) is 22.4 Å². The van der Waals surface area contributed by atoms with E-state index in [1.165, 1.54) is 24.6 Å². The molecule has 1 N–H and O–H groups in total. The minimum atomic E-state index is 0.603. The third-order valence-electron chi connectivity index (χ3n) is 3.27. The number of pyridine rings is 1. The molecule has 1 aromatic heterocycles. The summed E-state index contributed by atoms with van der Waals surface area (Å²) < 4.78 is 0. The van der Waals surface area contributed by atoms with Crippen molar-refractivity contribution in [1.82, 2.24) is 10.3 Å². The first kappa shape index (κ1) is 14.4. The fraction of sp³-hybridized carbons (Fsp3) is 0.250. The van der Waals surface area contributed by atoms with Crippen LogP contribution >= 0.6 is 23.4 Å². The van der Waals surface area contributed by atoms with Gasteiger partial charge in [0, 0.05) is 23.7 Å². The van der Waals surface area contributed by atoms with Crippen molar-refractivity contribution in [1.29, 1.82) is 5.26 Å². The molecule has 106 valence electrons. The Kier molecular flexibility index (Phi) is 4.45. The van der Waals surface area contributed by atoms with Gasteiger partial charge in [-0.25, -0.2) is 4.98 Å². The van der Waals surface area contributed by atoms with E-state index in [4.69, 9.17) is 11.6 Å². The van der Waals surface area contributed by atoms with Crippen LogP contribution in [-0.2, 0) is 6.54 Å². The zero-order valence-corrected chi connectivity index (χ0v) is 12.9. The van der Waals surface area contributed by atoms with Crippen molar-refractivity contribution in [2.75, 3.05) is 0 Å².